The van der Waals surface area contributed by atoms with Crippen molar-refractivity contribution in [3.63, 3.8) is 0 Å². The Morgan fingerprint density at radius 3 is 2.80 bits per heavy atom. The molecule has 0 spiro atoms. The van der Waals surface area contributed by atoms with Crippen LogP contribution in [0, 0.1) is 10.1 Å². The van der Waals surface area contributed by atoms with Gasteiger partial charge in [0.15, 0.2) is 0 Å². The van der Waals surface area contributed by atoms with E-state index in [4.69, 9.17) is 16.3 Å². The van der Waals surface area contributed by atoms with Crippen LogP contribution in [0.25, 0.3) is 6.08 Å². The van der Waals surface area contributed by atoms with Crippen molar-refractivity contribution in [2.75, 3.05) is 0 Å². The first-order chi connectivity index (χ1) is 9.65. The van der Waals surface area contributed by atoms with E-state index in [1.165, 1.54) is 12.1 Å². The Morgan fingerprint density at radius 1 is 1.20 bits per heavy atom. The molecule has 2 aromatic rings. The third-order valence-corrected chi connectivity index (χ3v) is 3.44. The normalized spacial score (nSPS) is 16.4. The highest BCUT2D eigenvalue weighted by molar-refractivity contribution is 6.32. The third kappa shape index (κ3) is 2.26. The Morgan fingerprint density at radius 2 is 2.00 bits per heavy atom. The molecule has 0 saturated carbocycles. The molecule has 0 saturated heterocycles. The molecule has 1 atom stereocenters. The molecule has 0 amide bonds. The molecule has 0 radical (unpaired) electrons. The number of ether oxygens (including phenoxy) is 1. The van der Waals surface area contributed by atoms with Crippen molar-refractivity contribution in [2.45, 2.75) is 6.10 Å². The van der Waals surface area contributed by atoms with Gasteiger partial charge in [0.25, 0.3) is 5.69 Å². The van der Waals surface area contributed by atoms with Crippen LogP contribution in [0.1, 0.15) is 17.2 Å². The van der Waals surface area contributed by atoms with Crippen molar-refractivity contribution >= 4 is 23.4 Å². The van der Waals surface area contributed by atoms with E-state index in [0.717, 1.165) is 11.3 Å². The predicted octanol–water partition coefficient (Wildman–Crippen LogP) is 4.40. The second-order valence-electron chi connectivity index (χ2n) is 4.40. The molecular formula is C15H10ClNO3. The van der Waals surface area contributed by atoms with E-state index in [2.05, 4.69) is 0 Å². The zero-order valence-electron chi connectivity index (χ0n) is 10.3. The fourth-order valence-electron chi connectivity index (χ4n) is 2.12. The Hall–Kier alpha value is -2.33. The van der Waals surface area contributed by atoms with Crippen LogP contribution in [-0.2, 0) is 0 Å². The van der Waals surface area contributed by atoms with E-state index in [0.29, 0.717) is 5.56 Å². The van der Waals surface area contributed by atoms with Crippen LogP contribution in [0.2, 0.25) is 5.02 Å². The number of nitro benzene ring substituents is 1. The Kier molecular flexibility index (Phi) is 3.16. The smallest absolute Gasteiger partial charge is 0.288 e. The lowest BCUT2D eigenvalue weighted by molar-refractivity contribution is -0.384. The third-order valence-electron chi connectivity index (χ3n) is 3.12. The SMILES string of the molecule is O=[N+]([O-])c1cc(C2C=Cc3ccccc3O2)ccc1Cl. The Balaban J connectivity index is 1.96. The van der Waals surface area contributed by atoms with E-state index >= 15 is 0 Å². The van der Waals surface area contributed by atoms with Gasteiger partial charge in [-0.1, -0.05) is 41.9 Å². The lowest BCUT2D eigenvalue weighted by Gasteiger charge is -2.21. The number of hydrogen-bond acceptors (Lipinski definition) is 3. The quantitative estimate of drug-likeness (QED) is 0.608. The molecule has 0 aromatic heterocycles. The van der Waals surface area contributed by atoms with Gasteiger partial charge in [-0.25, -0.2) is 0 Å². The van der Waals surface area contributed by atoms with Gasteiger partial charge in [0.05, 0.1) is 4.92 Å². The molecule has 100 valence electrons. The molecule has 0 aliphatic carbocycles. The molecule has 0 N–H and O–H groups in total. The first-order valence-corrected chi connectivity index (χ1v) is 6.40. The van der Waals surface area contributed by atoms with E-state index in [-0.39, 0.29) is 16.8 Å². The van der Waals surface area contributed by atoms with Gasteiger partial charge in [0.2, 0.25) is 0 Å². The van der Waals surface area contributed by atoms with Crippen molar-refractivity contribution in [3.05, 3.63) is 74.8 Å². The Bertz CT molecular complexity index is 712. The Labute approximate surface area is 120 Å². The highest BCUT2D eigenvalue weighted by atomic mass is 35.5. The minimum Gasteiger partial charge on any atom is -0.481 e. The summed E-state index contributed by atoms with van der Waals surface area (Å²) in [5.41, 5.74) is 1.58. The molecule has 3 rings (SSSR count). The summed E-state index contributed by atoms with van der Waals surface area (Å²) in [6.45, 7) is 0. The van der Waals surface area contributed by atoms with Crippen LogP contribution in [0.15, 0.2) is 48.5 Å². The fraction of sp³-hybridized carbons (Fsp3) is 0.0667. The molecular weight excluding hydrogens is 278 g/mol. The highest BCUT2D eigenvalue weighted by Crippen LogP contribution is 2.35. The maximum absolute atomic E-state index is 10.9. The van der Waals surface area contributed by atoms with Gasteiger partial charge in [-0.05, 0) is 18.2 Å². The van der Waals surface area contributed by atoms with Gasteiger partial charge in [-0.15, -0.1) is 0 Å². The minimum atomic E-state index is -0.494. The van der Waals surface area contributed by atoms with E-state index in [1.807, 2.05) is 36.4 Å². The standard InChI is InChI=1S/C15H10ClNO3/c16-12-7-5-11(9-13(12)17(18)19)15-8-6-10-3-1-2-4-14(10)20-15/h1-9,15H. The summed E-state index contributed by atoms with van der Waals surface area (Å²) < 4.78 is 5.84. The first-order valence-electron chi connectivity index (χ1n) is 6.03. The van der Waals surface area contributed by atoms with Gasteiger partial charge in [0, 0.05) is 17.2 Å². The van der Waals surface area contributed by atoms with Gasteiger partial charge in [-0.2, -0.15) is 0 Å². The van der Waals surface area contributed by atoms with Crippen molar-refractivity contribution < 1.29 is 9.66 Å². The second-order valence-corrected chi connectivity index (χ2v) is 4.81. The topological polar surface area (TPSA) is 52.4 Å². The predicted molar refractivity (Wildman–Crippen MR) is 77.0 cm³/mol. The number of nitrogens with zero attached hydrogens (tertiary/aromatic N) is 1. The first kappa shape index (κ1) is 12.7. The van der Waals surface area contributed by atoms with Crippen LogP contribution in [-0.4, -0.2) is 4.92 Å². The van der Waals surface area contributed by atoms with Gasteiger partial charge < -0.3 is 4.74 Å². The largest absolute Gasteiger partial charge is 0.481 e. The van der Waals surface area contributed by atoms with Crippen LogP contribution in [0.4, 0.5) is 5.69 Å². The number of para-hydroxylation sites is 1. The van der Waals surface area contributed by atoms with Gasteiger partial charge in [-0.3, -0.25) is 10.1 Å². The summed E-state index contributed by atoms with van der Waals surface area (Å²) in [7, 11) is 0. The molecule has 0 fully saturated rings. The number of nitro groups is 1. The lowest BCUT2D eigenvalue weighted by atomic mass is 10.0. The zero-order chi connectivity index (χ0) is 14.1. The summed E-state index contributed by atoms with van der Waals surface area (Å²) in [6, 6.07) is 12.3. The van der Waals surface area contributed by atoms with Crippen LogP contribution < -0.4 is 4.74 Å². The highest BCUT2D eigenvalue weighted by Gasteiger charge is 2.20. The van der Waals surface area contributed by atoms with Crippen molar-refractivity contribution in [3.8, 4) is 5.75 Å². The molecule has 1 aliphatic rings. The number of halogens is 1. The molecule has 2 aromatic carbocycles. The molecule has 0 bridgehead atoms. The summed E-state index contributed by atoms with van der Waals surface area (Å²) in [5.74, 6) is 0.762. The van der Waals surface area contributed by atoms with E-state index in [9.17, 15) is 10.1 Å². The molecule has 5 heteroatoms. The van der Waals surface area contributed by atoms with Crippen LogP contribution in [0.5, 0.6) is 5.75 Å². The average molecular weight is 288 g/mol. The minimum absolute atomic E-state index is 0.111. The summed E-state index contributed by atoms with van der Waals surface area (Å²) in [5, 5.41) is 11.0. The molecule has 1 heterocycles. The number of rotatable bonds is 2. The van der Waals surface area contributed by atoms with Gasteiger partial charge >= 0.3 is 0 Å². The van der Waals surface area contributed by atoms with Gasteiger partial charge in [0.1, 0.15) is 16.9 Å². The second kappa shape index (κ2) is 4.98. The van der Waals surface area contributed by atoms with Crippen molar-refractivity contribution in [2.24, 2.45) is 0 Å². The van der Waals surface area contributed by atoms with Crippen LogP contribution in [0.3, 0.4) is 0 Å². The summed E-state index contributed by atoms with van der Waals surface area (Å²) >= 11 is 5.81. The summed E-state index contributed by atoms with van der Waals surface area (Å²) in [4.78, 5) is 10.4. The molecule has 1 unspecified atom stereocenters. The maximum Gasteiger partial charge on any atom is 0.288 e. The molecule has 4 nitrogen and oxygen atoms in total. The number of fused-ring (bicyclic) bond motifs is 1. The maximum atomic E-state index is 10.9. The number of hydrogen-bond donors (Lipinski definition) is 0. The zero-order valence-corrected chi connectivity index (χ0v) is 11.1. The van der Waals surface area contributed by atoms with Crippen molar-refractivity contribution in [1.29, 1.82) is 0 Å². The lowest BCUT2D eigenvalue weighted by Crippen LogP contribution is -2.09. The van der Waals surface area contributed by atoms with Crippen molar-refractivity contribution in [1.82, 2.24) is 0 Å². The average Bonchev–Trinajstić information content (AvgIpc) is 2.47. The molecule has 20 heavy (non-hydrogen) atoms. The molecule has 1 aliphatic heterocycles. The van der Waals surface area contributed by atoms with E-state index in [1.54, 1.807) is 6.07 Å². The van der Waals surface area contributed by atoms with E-state index < -0.39 is 4.92 Å². The van der Waals surface area contributed by atoms with Crippen LogP contribution >= 0.6 is 11.6 Å². The summed E-state index contributed by atoms with van der Waals surface area (Å²) in [6.07, 6.45) is 3.47. The number of benzene rings is 2. The monoisotopic (exact) mass is 287 g/mol. The fourth-order valence-corrected chi connectivity index (χ4v) is 2.30.